The molecular weight excluding hydrogens is 186 g/mol. The molecule has 15 heavy (non-hydrogen) atoms. The minimum absolute atomic E-state index is 0.126. The summed E-state index contributed by atoms with van der Waals surface area (Å²) in [4.78, 5) is 11.7. The molecule has 0 unspecified atom stereocenters. The molecule has 1 N–H and O–H groups in total. The first-order valence-corrected chi connectivity index (χ1v) is 5.94. The van der Waals surface area contributed by atoms with Gasteiger partial charge >= 0.3 is 0 Å². The van der Waals surface area contributed by atoms with E-state index in [4.69, 9.17) is 0 Å². The zero-order chi connectivity index (χ0) is 12.2. The fourth-order valence-corrected chi connectivity index (χ4v) is 1.99. The predicted molar refractivity (Wildman–Crippen MR) is 65.7 cm³/mol. The Morgan fingerprint density at radius 1 is 1.13 bits per heavy atom. The van der Waals surface area contributed by atoms with Gasteiger partial charge in [0.05, 0.1) is 0 Å². The molecule has 0 heterocycles. The van der Waals surface area contributed by atoms with Crippen LogP contribution in [-0.4, -0.2) is 11.9 Å². The summed E-state index contributed by atoms with van der Waals surface area (Å²) in [5, 5.41) is 3.15. The Hall–Kier alpha value is -0.530. The van der Waals surface area contributed by atoms with Crippen LogP contribution in [0, 0.1) is 17.3 Å². The van der Waals surface area contributed by atoms with Gasteiger partial charge in [0.15, 0.2) is 0 Å². The van der Waals surface area contributed by atoms with E-state index in [2.05, 4.69) is 53.8 Å². The first kappa shape index (κ1) is 14.5. The van der Waals surface area contributed by atoms with Crippen molar-refractivity contribution in [2.24, 2.45) is 17.3 Å². The third kappa shape index (κ3) is 5.81. The Balaban J connectivity index is 4.37. The van der Waals surface area contributed by atoms with Crippen molar-refractivity contribution in [1.82, 2.24) is 5.32 Å². The van der Waals surface area contributed by atoms with E-state index < -0.39 is 0 Å². The highest BCUT2D eigenvalue weighted by Crippen LogP contribution is 2.25. The fourth-order valence-electron chi connectivity index (χ4n) is 1.99. The lowest BCUT2D eigenvalue weighted by Gasteiger charge is -2.34. The van der Waals surface area contributed by atoms with Crippen molar-refractivity contribution >= 4 is 5.91 Å². The van der Waals surface area contributed by atoms with Crippen LogP contribution in [0.4, 0.5) is 0 Å². The molecule has 1 atom stereocenters. The van der Waals surface area contributed by atoms with Crippen LogP contribution in [0.5, 0.6) is 0 Å². The van der Waals surface area contributed by atoms with Crippen molar-refractivity contribution in [2.75, 3.05) is 0 Å². The molecule has 0 rings (SSSR count). The van der Waals surface area contributed by atoms with Gasteiger partial charge in [0.25, 0.3) is 0 Å². The second-order valence-electron chi connectivity index (χ2n) is 6.25. The van der Waals surface area contributed by atoms with Gasteiger partial charge in [-0.25, -0.2) is 0 Å². The highest BCUT2D eigenvalue weighted by molar-refractivity contribution is 5.76. The van der Waals surface area contributed by atoms with E-state index in [0.717, 1.165) is 0 Å². The number of carbonyl (C=O) groups is 1. The van der Waals surface area contributed by atoms with Crippen LogP contribution in [0.2, 0.25) is 0 Å². The highest BCUT2D eigenvalue weighted by Gasteiger charge is 2.28. The summed E-state index contributed by atoms with van der Waals surface area (Å²) < 4.78 is 0. The minimum atomic E-state index is 0.126. The molecule has 0 aliphatic heterocycles. The summed E-state index contributed by atoms with van der Waals surface area (Å²) in [6, 6.07) is 0.253. The second-order valence-corrected chi connectivity index (χ2v) is 6.25. The first-order valence-electron chi connectivity index (χ1n) is 5.94. The third-order valence-electron chi connectivity index (χ3n) is 2.51. The van der Waals surface area contributed by atoms with Crippen LogP contribution in [0.1, 0.15) is 54.9 Å². The lowest BCUT2D eigenvalue weighted by atomic mass is 9.80. The summed E-state index contributed by atoms with van der Waals surface area (Å²) in [7, 11) is 0. The summed E-state index contributed by atoms with van der Waals surface area (Å²) in [6.07, 6.45) is 0.624. The summed E-state index contributed by atoms with van der Waals surface area (Å²) >= 11 is 0. The summed E-state index contributed by atoms with van der Waals surface area (Å²) in [5.41, 5.74) is 0.126. The average Bonchev–Trinajstić information content (AvgIpc) is 1.95. The van der Waals surface area contributed by atoms with Gasteiger partial charge in [0.1, 0.15) is 0 Å². The second kappa shape index (κ2) is 5.53. The van der Waals surface area contributed by atoms with Crippen LogP contribution in [-0.2, 0) is 4.79 Å². The standard InChI is InChI=1S/C13H27NO/c1-9(2)8-11(15)14-12(10(3)4)13(5,6)7/h9-10,12H,8H2,1-7H3,(H,14,15)/t12-/m1/s1. The molecule has 0 radical (unpaired) electrons. The molecule has 0 fully saturated rings. The molecule has 0 bridgehead atoms. The number of rotatable bonds is 4. The van der Waals surface area contributed by atoms with Gasteiger partial charge in [0, 0.05) is 12.5 Å². The molecule has 0 saturated heterocycles. The van der Waals surface area contributed by atoms with E-state index >= 15 is 0 Å². The summed E-state index contributed by atoms with van der Waals surface area (Å²) in [5.74, 6) is 1.08. The van der Waals surface area contributed by atoms with Crippen molar-refractivity contribution in [3.63, 3.8) is 0 Å². The van der Waals surface area contributed by atoms with Gasteiger partial charge in [-0.2, -0.15) is 0 Å². The van der Waals surface area contributed by atoms with Gasteiger partial charge in [-0.05, 0) is 17.3 Å². The van der Waals surface area contributed by atoms with E-state index in [1.54, 1.807) is 0 Å². The molecule has 0 saturated carbocycles. The summed E-state index contributed by atoms with van der Waals surface area (Å²) in [6.45, 7) is 15.0. The topological polar surface area (TPSA) is 29.1 Å². The largest absolute Gasteiger partial charge is 0.353 e. The monoisotopic (exact) mass is 213 g/mol. The van der Waals surface area contributed by atoms with Crippen LogP contribution >= 0.6 is 0 Å². The molecule has 90 valence electrons. The average molecular weight is 213 g/mol. The Kier molecular flexibility index (Phi) is 5.33. The molecule has 0 aliphatic carbocycles. The van der Waals surface area contributed by atoms with Crippen LogP contribution in [0.15, 0.2) is 0 Å². The fraction of sp³-hybridized carbons (Fsp3) is 0.923. The SMILES string of the molecule is CC(C)CC(=O)N[C@H](C(C)C)C(C)(C)C. The van der Waals surface area contributed by atoms with Crippen molar-refractivity contribution < 1.29 is 4.79 Å². The van der Waals surface area contributed by atoms with Crippen LogP contribution < -0.4 is 5.32 Å². The van der Waals surface area contributed by atoms with Gasteiger partial charge in [0.2, 0.25) is 5.91 Å². The number of hydrogen-bond donors (Lipinski definition) is 1. The lowest BCUT2D eigenvalue weighted by Crippen LogP contribution is -2.47. The third-order valence-corrected chi connectivity index (χ3v) is 2.51. The molecule has 0 aromatic heterocycles. The maximum Gasteiger partial charge on any atom is 0.220 e. The number of hydrogen-bond acceptors (Lipinski definition) is 1. The molecule has 0 spiro atoms. The van der Waals surface area contributed by atoms with E-state index in [0.29, 0.717) is 18.3 Å². The van der Waals surface area contributed by atoms with Crippen LogP contribution in [0.3, 0.4) is 0 Å². The number of carbonyl (C=O) groups excluding carboxylic acids is 1. The normalized spacial score (nSPS) is 14.5. The van der Waals surface area contributed by atoms with Crippen molar-refractivity contribution in [1.29, 1.82) is 0 Å². The Morgan fingerprint density at radius 3 is 1.87 bits per heavy atom. The molecular formula is C13H27NO. The van der Waals surface area contributed by atoms with Gasteiger partial charge < -0.3 is 5.32 Å². The maximum atomic E-state index is 11.7. The molecule has 0 aromatic carbocycles. The smallest absolute Gasteiger partial charge is 0.220 e. The van der Waals surface area contributed by atoms with E-state index in [1.165, 1.54) is 0 Å². The van der Waals surface area contributed by atoms with Crippen molar-refractivity contribution in [3.05, 3.63) is 0 Å². The molecule has 1 amide bonds. The van der Waals surface area contributed by atoms with E-state index in [9.17, 15) is 4.79 Å². The van der Waals surface area contributed by atoms with Gasteiger partial charge in [-0.3, -0.25) is 4.79 Å². The Bertz CT molecular complexity index is 201. The van der Waals surface area contributed by atoms with E-state index in [-0.39, 0.29) is 17.4 Å². The molecule has 2 heteroatoms. The van der Waals surface area contributed by atoms with Crippen LogP contribution in [0.25, 0.3) is 0 Å². The zero-order valence-electron chi connectivity index (χ0n) is 11.3. The predicted octanol–water partition coefficient (Wildman–Crippen LogP) is 3.22. The quantitative estimate of drug-likeness (QED) is 0.763. The Labute approximate surface area is 94.8 Å². The first-order chi connectivity index (χ1) is 6.64. The van der Waals surface area contributed by atoms with Gasteiger partial charge in [-0.15, -0.1) is 0 Å². The van der Waals surface area contributed by atoms with Gasteiger partial charge in [-0.1, -0.05) is 48.5 Å². The lowest BCUT2D eigenvalue weighted by molar-refractivity contribution is -0.123. The van der Waals surface area contributed by atoms with E-state index in [1.807, 2.05) is 0 Å². The maximum absolute atomic E-state index is 11.7. The van der Waals surface area contributed by atoms with Crippen molar-refractivity contribution in [2.45, 2.75) is 60.9 Å². The van der Waals surface area contributed by atoms with Crippen molar-refractivity contribution in [3.8, 4) is 0 Å². The minimum Gasteiger partial charge on any atom is -0.353 e. The zero-order valence-corrected chi connectivity index (χ0v) is 11.3. The molecule has 0 aliphatic rings. The number of nitrogens with one attached hydrogen (secondary N) is 1. The molecule has 0 aromatic rings. The highest BCUT2D eigenvalue weighted by atomic mass is 16.1. The molecule has 2 nitrogen and oxygen atoms in total. The number of amides is 1. The Morgan fingerprint density at radius 2 is 1.60 bits per heavy atom.